The van der Waals surface area contributed by atoms with Gasteiger partial charge in [0.2, 0.25) is 11.0 Å². The minimum absolute atomic E-state index is 0.0821. The predicted molar refractivity (Wildman–Crippen MR) is 75.1 cm³/mol. The van der Waals surface area contributed by atoms with Gasteiger partial charge in [0, 0.05) is 0 Å². The molecule has 1 aliphatic carbocycles. The number of rotatable bonds is 1. The largest absolute Gasteiger partial charge is 0.507 e. The van der Waals surface area contributed by atoms with Crippen LogP contribution in [-0.2, 0) is 15.1 Å². The normalized spacial score (nSPS) is 23.3. The highest BCUT2D eigenvalue weighted by Crippen LogP contribution is 2.35. The van der Waals surface area contributed by atoms with Crippen LogP contribution in [-0.4, -0.2) is 34.5 Å². The summed E-state index contributed by atoms with van der Waals surface area (Å²) in [5, 5.41) is 30.2. The highest BCUT2D eigenvalue weighted by Gasteiger charge is 2.51. The van der Waals surface area contributed by atoms with Crippen LogP contribution in [0.25, 0.3) is 17.0 Å². The maximum absolute atomic E-state index is 12.6. The van der Waals surface area contributed by atoms with Gasteiger partial charge in [0.05, 0.1) is 12.7 Å². The highest BCUT2D eigenvalue weighted by molar-refractivity contribution is 5.90. The molecule has 0 radical (unpaired) electrons. The Labute approximate surface area is 123 Å². The SMILES string of the molecule is COC(=O)C1(O)c2c(oc3cccc(O)c3c2=O)C=CC1O. The first-order chi connectivity index (χ1) is 10.4. The van der Waals surface area contributed by atoms with Gasteiger partial charge in [-0.25, -0.2) is 4.79 Å². The van der Waals surface area contributed by atoms with Crippen molar-refractivity contribution >= 4 is 23.0 Å². The smallest absolute Gasteiger partial charge is 0.346 e. The second kappa shape index (κ2) is 4.69. The Hall–Kier alpha value is -2.64. The van der Waals surface area contributed by atoms with Gasteiger partial charge in [-0.3, -0.25) is 4.79 Å². The molecule has 0 saturated carbocycles. The molecule has 0 amide bonds. The molecule has 114 valence electrons. The number of methoxy groups -OCH3 is 1. The van der Waals surface area contributed by atoms with E-state index in [2.05, 4.69) is 4.74 Å². The molecule has 1 aromatic carbocycles. The van der Waals surface area contributed by atoms with Crippen molar-refractivity contribution in [2.75, 3.05) is 7.11 Å². The Morgan fingerprint density at radius 2 is 2.14 bits per heavy atom. The summed E-state index contributed by atoms with van der Waals surface area (Å²) >= 11 is 0. The van der Waals surface area contributed by atoms with Gasteiger partial charge in [-0.2, -0.15) is 0 Å². The number of esters is 1. The van der Waals surface area contributed by atoms with Gasteiger partial charge in [0.15, 0.2) is 0 Å². The molecule has 0 fully saturated rings. The van der Waals surface area contributed by atoms with Crippen molar-refractivity contribution in [1.29, 1.82) is 0 Å². The predicted octanol–water partition coefficient (Wildman–Crippen LogP) is 0.247. The minimum atomic E-state index is -2.60. The van der Waals surface area contributed by atoms with E-state index < -0.39 is 28.7 Å². The highest BCUT2D eigenvalue weighted by atomic mass is 16.5. The lowest BCUT2D eigenvalue weighted by molar-refractivity contribution is -0.174. The molecule has 2 unspecified atom stereocenters. The summed E-state index contributed by atoms with van der Waals surface area (Å²) in [6, 6.07) is 4.23. The molecule has 0 saturated heterocycles. The van der Waals surface area contributed by atoms with Crippen molar-refractivity contribution in [3.05, 3.63) is 45.8 Å². The zero-order chi connectivity index (χ0) is 16.1. The van der Waals surface area contributed by atoms with Crippen LogP contribution in [0.2, 0.25) is 0 Å². The summed E-state index contributed by atoms with van der Waals surface area (Å²) < 4.78 is 9.95. The molecule has 0 bridgehead atoms. The summed E-state index contributed by atoms with van der Waals surface area (Å²) in [4.78, 5) is 24.6. The van der Waals surface area contributed by atoms with Gasteiger partial charge in [0.1, 0.15) is 28.6 Å². The van der Waals surface area contributed by atoms with Crippen molar-refractivity contribution in [2.24, 2.45) is 0 Å². The maximum atomic E-state index is 12.6. The van der Waals surface area contributed by atoms with E-state index in [0.717, 1.165) is 13.2 Å². The van der Waals surface area contributed by atoms with Crippen molar-refractivity contribution in [3.63, 3.8) is 0 Å². The molecule has 2 aromatic rings. The van der Waals surface area contributed by atoms with E-state index in [1.54, 1.807) is 0 Å². The van der Waals surface area contributed by atoms with Crippen LogP contribution in [0.5, 0.6) is 5.75 Å². The summed E-state index contributed by atoms with van der Waals surface area (Å²) in [5.74, 6) is -1.64. The number of benzene rings is 1. The number of aliphatic hydroxyl groups is 2. The van der Waals surface area contributed by atoms with Gasteiger partial charge >= 0.3 is 5.97 Å². The number of phenols is 1. The average Bonchev–Trinajstić information content (AvgIpc) is 2.50. The lowest BCUT2D eigenvalue weighted by Crippen LogP contribution is -2.51. The Bertz CT molecular complexity index is 864. The van der Waals surface area contributed by atoms with Crippen LogP contribution >= 0.6 is 0 Å². The van der Waals surface area contributed by atoms with Crippen molar-refractivity contribution in [3.8, 4) is 5.75 Å². The number of aromatic hydroxyl groups is 1. The molecule has 7 heteroatoms. The Morgan fingerprint density at radius 1 is 1.41 bits per heavy atom. The van der Waals surface area contributed by atoms with Crippen LogP contribution in [0, 0.1) is 0 Å². The van der Waals surface area contributed by atoms with Crippen molar-refractivity contribution in [1.82, 2.24) is 0 Å². The van der Waals surface area contributed by atoms with Gasteiger partial charge in [-0.1, -0.05) is 6.07 Å². The van der Waals surface area contributed by atoms with Crippen molar-refractivity contribution < 1.29 is 29.3 Å². The first-order valence-electron chi connectivity index (χ1n) is 6.37. The van der Waals surface area contributed by atoms with E-state index in [1.165, 1.54) is 24.3 Å². The van der Waals surface area contributed by atoms with Gasteiger partial charge in [-0.15, -0.1) is 0 Å². The van der Waals surface area contributed by atoms with Crippen LogP contribution < -0.4 is 5.43 Å². The third-order valence-corrected chi connectivity index (χ3v) is 3.66. The fourth-order valence-corrected chi connectivity index (χ4v) is 2.56. The van der Waals surface area contributed by atoms with Crippen LogP contribution in [0.1, 0.15) is 11.3 Å². The minimum Gasteiger partial charge on any atom is -0.507 e. The molecular formula is C15H12O7. The van der Waals surface area contributed by atoms with E-state index >= 15 is 0 Å². The first-order valence-corrected chi connectivity index (χ1v) is 6.37. The molecule has 7 nitrogen and oxygen atoms in total. The van der Waals surface area contributed by atoms with Gasteiger partial charge < -0.3 is 24.5 Å². The average molecular weight is 304 g/mol. The number of hydrogen-bond donors (Lipinski definition) is 3. The summed E-state index contributed by atoms with van der Waals surface area (Å²) in [7, 11) is 1.02. The molecule has 1 aromatic heterocycles. The van der Waals surface area contributed by atoms with Gasteiger partial charge in [0.25, 0.3) is 0 Å². The molecule has 22 heavy (non-hydrogen) atoms. The molecule has 1 aliphatic rings. The lowest BCUT2D eigenvalue weighted by Gasteiger charge is -2.31. The van der Waals surface area contributed by atoms with E-state index in [0.29, 0.717) is 0 Å². The number of phenolic OH excluding ortho intramolecular Hbond substituents is 1. The van der Waals surface area contributed by atoms with E-state index in [-0.39, 0.29) is 22.5 Å². The number of ether oxygens (including phenoxy) is 1. The van der Waals surface area contributed by atoms with Crippen LogP contribution in [0.3, 0.4) is 0 Å². The molecule has 1 heterocycles. The number of fused-ring (bicyclic) bond motifs is 2. The second-order valence-electron chi connectivity index (χ2n) is 4.88. The van der Waals surface area contributed by atoms with Crippen LogP contribution in [0.15, 0.2) is 33.5 Å². The Morgan fingerprint density at radius 3 is 2.82 bits per heavy atom. The fraction of sp³-hybridized carbons (Fsp3) is 0.200. The van der Waals surface area contributed by atoms with Crippen molar-refractivity contribution in [2.45, 2.75) is 11.7 Å². The van der Waals surface area contributed by atoms with E-state index in [4.69, 9.17) is 4.42 Å². The number of aliphatic hydroxyl groups excluding tert-OH is 1. The third-order valence-electron chi connectivity index (χ3n) is 3.66. The lowest BCUT2D eigenvalue weighted by atomic mass is 9.82. The topological polar surface area (TPSA) is 117 Å². The van der Waals surface area contributed by atoms with Crippen LogP contribution in [0.4, 0.5) is 0 Å². The molecule has 3 N–H and O–H groups in total. The zero-order valence-corrected chi connectivity index (χ0v) is 11.4. The Balaban J connectivity index is 2.46. The molecule has 0 spiro atoms. The standard InChI is InChI=1S/C15H12O7/c1-21-14(19)15(20)10(17)6-5-9-12(15)13(18)11-7(16)3-2-4-8(11)22-9/h2-6,10,16-17,20H,1H3. The molecule has 2 atom stereocenters. The molecule has 0 aliphatic heterocycles. The molecule has 3 rings (SSSR count). The monoisotopic (exact) mass is 304 g/mol. The molecular weight excluding hydrogens is 292 g/mol. The quantitative estimate of drug-likeness (QED) is 0.646. The zero-order valence-electron chi connectivity index (χ0n) is 11.4. The maximum Gasteiger partial charge on any atom is 0.346 e. The Kier molecular flexibility index (Phi) is 3.05. The third kappa shape index (κ3) is 1.69. The number of hydrogen-bond acceptors (Lipinski definition) is 7. The fourth-order valence-electron chi connectivity index (χ4n) is 2.56. The summed E-state index contributed by atoms with van der Waals surface area (Å²) in [6.07, 6.45) is 0.720. The number of carbonyl (C=O) groups is 1. The van der Waals surface area contributed by atoms with E-state index in [9.17, 15) is 24.9 Å². The van der Waals surface area contributed by atoms with E-state index in [1.807, 2.05) is 0 Å². The number of carbonyl (C=O) groups excluding carboxylic acids is 1. The van der Waals surface area contributed by atoms with Gasteiger partial charge in [-0.05, 0) is 24.3 Å². The first kappa shape index (κ1) is 14.3. The summed E-state index contributed by atoms with van der Waals surface area (Å²) in [5.41, 5.74) is -3.79. The summed E-state index contributed by atoms with van der Waals surface area (Å²) in [6.45, 7) is 0. The second-order valence-corrected chi connectivity index (χ2v) is 4.88.